The highest BCUT2D eigenvalue weighted by Gasteiger charge is 2.22. The third kappa shape index (κ3) is 4.26. The molecule has 9 heteroatoms. The molecule has 0 saturated carbocycles. The average Bonchev–Trinajstić information content (AvgIpc) is 3.20. The first kappa shape index (κ1) is 21.2. The van der Waals surface area contributed by atoms with E-state index < -0.39 is 0 Å². The zero-order valence-electron chi connectivity index (χ0n) is 15.3. The Morgan fingerprint density at radius 2 is 1.93 bits per heavy atom. The number of aliphatic imine (C=N–C) groups is 1. The predicted molar refractivity (Wildman–Crippen MR) is 114 cm³/mol. The van der Waals surface area contributed by atoms with Gasteiger partial charge in [0.2, 0.25) is 11.8 Å². The van der Waals surface area contributed by atoms with E-state index >= 15 is 0 Å². The van der Waals surface area contributed by atoms with E-state index in [0.717, 1.165) is 37.3 Å². The molecule has 0 bridgehead atoms. The van der Waals surface area contributed by atoms with Crippen molar-refractivity contribution in [1.82, 2.24) is 19.9 Å². The number of fused-ring (bicyclic) bond motifs is 1. The van der Waals surface area contributed by atoms with E-state index in [2.05, 4.69) is 43.6 Å². The minimum Gasteiger partial charge on any atom is -0.492 e. The first-order valence-corrected chi connectivity index (χ1v) is 8.61. The molecule has 2 aliphatic heterocycles. The summed E-state index contributed by atoms with van der Waals surface area (Å²) in [4.78, 5) is 20.7. The number of aromatic hydroxyl groups is 1. The second-order valence-electron chi connectivity index (χ2n) is 6.65. The quantitative estimate of drug-likeness (QED) is 0.811. The van der Waals surface area contributed by atoms with Crippen LogP contribution in [0.4, 0.5) is 11.8 Å². The largest absolute Gasteiger partial charge is 0.492 e. The van der Waals surface area contributed by atoms with E-state index in [1.807, 2.05) is 18.2 Å². The highest BCUT2D eigenvalue weighted by atomic mass is 35.5. The Labute approximate surface area is 171 Å². The van der Waals surface area contributed by atoms with Gasteiger partial charge in [-0.05, 0) is 32.1 Å². The van der Waals surface area contributed by atoms with E-state index in [1.165, 1.54) is 0 Å². The topological polar surface area (TPSA) is 80.6 Å². The Balaban J connectivity index is 0.00000131. The molecule has 1 saturated heterocycles. The Hall–Kier alpha value is -2.09. The summed E-state index contributed by atoms with van der Waals surface area (Å²) in [5, 5.41) is 10.2. The number of halogens is 2. The molecule has 0 unspecified atom stereocenters. The number of nitrogens with zero attached hydrogens (tertiary/aromatic N) is 5. The third-order valence-electron chi connectivity index (χ3n) is 4.77. The maximum Gasteiger partial charge on any atom is 0.238 e. The number of hydrogen-bond donors (Lipinski definition) is 2. The average molecular weight is 411 g/mol. The third-order valence-corrected chi connectivity index (χ3v) is 4.77. The number of allylic oxidation sites excluding steroid dienone is 1. The van der Waals surface area contributed by atoms with Crippen LogP contribution in [0.1, 0.15) is 25.1 Å². The number of nitrogens with one attached hydrogen (secondary N) is 1. The van der Waals surface area contributed by atoms with Gasteiger partial charge in [0.05, 0.1) is 0 Å². The molecule has 0 radical (unpaired) electrons. The van der Waals surface area contributed by atoms with Crippen LogP contribution in [-0.2, 0) is 0 Å². The van der Waals surface area contributed by atoms with Crippen LogP contribution in [0, 0.1) is 0 Å². The number of H-pyrrole nitrogens is 1. The van der Waals surface area contributed by atoms with Crippen molar-refractivity contribution in [1.29, 1.82) is 0 Å². The molecule has 146 valence electrons. The van der Waals surface area contributed by atoms with Crippen molar-refractivity contribution in [2.75, 3.05) is 31.1 Å². The molecule has 0 amide bonds. The Morgan fingerprint density at radius 3 is 2.63 bits per heavy atom. The lowest BCUT2D eigenvalue weighted by Gasteiger charge is -2.36. The first-order chi connectivity index (χ1) is 12.1. The molecule has 7 nitrogen and oxygen atoms in total. The minimum absolute atomic E-state index is 0. The van der Waals surface area contributed by atoms with Crippen LogP contribution in [0.15, 0.2) is 23.3 Å². The van der Waals surface area contributed by atoms with Gasteiger partial charge >= 0.3 is 0 Å². The van der Waals surface area contributed by atoms with Gasteiger partial charge < -0.3 is 15.0 Å². The van der Waals surface area contributed by atoms with E-state index in [4.69, 9.17) is 0 Å². The van der Waals surface area contributed by atoms with Crippen LogP contribution in [0.2, 0.25) is 0 Å². The van der Waals surface area contributed by atoms with Gasteiger partial charge in [0.1, 0.15) is 5.69 Å². The smallest absolute Gasteiger partial charge is 0.238 e. The van der Waals surface area contributed by atoms with Crippen molar-refractivity contribution in [3.05, 3.63) is 29.6 Å². The van der Waals surface area contributed by atoms with Gasteiger partial charge in [-0.3, -0.25) is 4.90 Å². The SMILES string of the molecule is CC(C)N1CCN(c2nc(O)c(C=C3C=Nc4ncccc43)[nH]2)CC1.Cl.Cl. The van der Waals surface area contributed by atoms with Crippen molar-refractivity contribution in [3.8, 4) is 5.88 Å². The zero-order chi connectivity index (χ0) is 17.4. The highest BCUT2D eigenvalue weighted by Crippen LogP contribution is 2.32. The molecule has 0 atom stereocenters. The molecule has 0 spiro atoms. The molecular weight excluding hydrogens is 387 g/mol. The molecule has 2 aromatic heterocycles. The second kappa shape index (κ2) is 8.73. The molecule has 2 N–H and O–H groups in total. The summed E-state index contributed by atoms with van der Waals surface area (Å²) in [6, 6.07) is 4.41. The summed E-state index contributed by atoms with van der Waals surface area (Å²) in [6.07, 6.45) is 5.36. The van der Waals surface area contributed by atoms with Crippen molar-refractivity contribution in [2.45, 2.75) is 19.9 Å². The number of aromatic amines is 1. The maximum absolute atomic E-state index is 10.2. The fourth-order valence-electron chi connectivity index (χ4n) is 3.26. The van der Waals surface area contributed by atoms with E-state index in [1.54, 1.807) is 12.4 Å². The van der Waals surface area contributed by atoms with Crippen LogP contribution in [0.25, 0.3) is 11.6 Å². The second-order valence-corrected chi connectivity index (χ2v) is 6.65. The summed E-state index contributed by atoms with van der Waals surface area (Å²) in [5.74, 6) is 1.44. The fraction of sp³-hybridized carbons (Fsp3) is 0.389. The van der Waals surface area contributed by atoms with Gasteiger partial charge in [-0.15, -0.1) is 24.8 Å². The number of rotatable bonds is 3. The van der Waals surface area contributed by atoms with E-state index in [0.29, 0.717) is 23.5 Å². The van der Waals surface area contributed by atoms with E-state index in [-0.39, 0.29) is 30.7 Å². The standard InChI is InChI=1S/C18H22N6O.2ClH/c1-12(2)23-6-8-24(9-7-23)18-21-15(17(25)22-18)10-13-11-20-16-14(13)4-3-5-19-16;;/h3-5,10-12,25H,6-9H2,1-2H3,(H,21,22);2*1H. The summed E-state index contributed by atoms with van der Waals surface area (Å²) >= 11 is 0. The van der Waals surface area contributed by atoms with Gasteiger partial charge in [0.25, 0.3) is 0 Å². The fourth-order valence-corrected chi connectivity index (χ4v) is 3.26. The first-order valence-electron chi connectivity index (χ1n) is 8.61. The molecular formula is C18H24Cl2N6O. The lowest BCUT2D eigenvalue weighted by atomic mass is 10.1. The Morgan fingerprint density at radius 1 is 1.19 bits per heavy atom. The lowest BCUT2D eigenvalue weighted by Crippen LogP contribution is -2.49. The molecule has 2 aromatic rings. The van der Waals surface area contributed by atoms with Gasteiger partial charge in [-0.25, -0.2) is 9.98 Å². The molecule has 27 heavy (non-hydrogen) atoms. The van der Waals surface area contributed by atoms with Gasteiger partial charge in [-0.1, -0.05) is 0 Å². The number of pyridine rings is 1. The van der Waals surface area contributed by atoms with Crippen LogP contribution in [0.3, 0.4) is 0 Å². The number of aromatic nitrogens is 3. The van der Waals surface area contributed by atoms with Crippen LogP contribution in [0.5, 0.6) is 5.88 Å². The molecule has 0 aliphatic carbocycles. The number of anilines is 1. The zero-order valence-corrected chi connectivity index (χ0v) is 16.9. The van der Waals surface area contributed by atoms with Gasteiger partial charge in [-0.2, -0.15) is 4.98 Å². The predicted octanol–water partition coefficient (Wildman–Crippen LogP) is 3.14. The number of imidazole rings is 1. The molecule has 4 heterocycles. The summed E-state index contributed by atoms with van der Waals surface area (Å²) in [5.41, 5.74) is 2.47. The van der Waals surface area contributed by atoms with Gasteiger partial charge in [0, 0.05) is 55.8 Å². The lowest BCUT2D eigenvalue weighted by molar-refractivity contribution is 0.208. The molecule has 2 aliphatic rings. The van der Waals surface area contributed by atoms with Crippen molar-refractivity contribution in [2.24, 2.45) is 4.99 Å². The van der Waals surface area contributed by atoms with Crippen LogP contribution < -0.4 is 4.90 Å². The highest BCUT2D eigenvalue weighted by molar-refractivity contribution is 6.20. The van der Waals surface area contributed by atoms with Crippen molar-refractivity contribution < 1.29 is 5.11 Å². The molecule has 0 aromatic carbocycles. The number of hydrogen-bond acceptors (Lipinski definition) is 6. The Bertz CT molecular complexity index is 840. The van der Waals surface area contributed by atoms with Gasteiger partial charge in [0.15, 0.2) is 5.82 Å². The normalized spacial score (nSPS) is 17.7. The maximum atomic E-state index is 10.2. The summed E-state index contributed by atoms with van der Waals surface area (Å²) < 4.78 is 0. The monoisotopic (exact) mass is 410 g/mol. The van der Waals surface area contributed by atoms with Crippen LogP contribution in [-0.4, -0.2) is 63.4 Å². The molecule has 1 fully saturated rings. The van der Waals surface area contributed by atoms with Crippen molar-refractivity contribution >= 4 is 54.4 Å². The number of piperazine rings is 1. The minimum atomic E-state index is 0. The molecule has 4 rings (SSSR count). The summed E-state index contributed by atoms with van der Waals surface area (Å²) in [6.45, 7) is 8.23. The van der Waals surface area contributed by atoms with E-state index in [9.17, 15) is 5.11 Å². The summed E-state index contributed by atoms with van der Waals surface area (Å²) in [7, 11) is 0. The van der Waals surface area contributed by atoms with Crippen molar-refractivity contribution in [3.63, 3.8) is 0 Å². The Kier molecular flexibility index (Phi) is 6.86. The van der Waals surface area contributed by atoms with Crippen LogP contribution >= 0.6 is 24.8 Å².